The maximum absolute atomic E-state index is 12.3. The SMILES string of the molecule is CCN(CCOc1cccc(C#N)c1)CC(=O)Nc1ccc(NC(C)=O)cc1. The Morgan fingerprint density at radius 2 is 1.79 bits per heavy atom. The van der Waals surface area contributed by atoms with Crippen LogP contribution >= 0.6 is 0 Å². The molecular weight excluding hydrogens is 356 g/mol. The summed E-state index contributed by atoms with van der Waals surface area (Å²) < 4.78 is 5.67. The van der Waals surface area contributed by atoms with Crippen LogP contribution in [0.25, 0.3) is 0 Å². The molecule has 2 amide bonds. The van der Waals surface area contributed by atoms with Gasteiger partial charge in [-0.2, -0.15) is 5.26 Å². The van der Waals surface area contributed by atoms with E-state index in [1.807, 2.05) is 11.8 Å². The van der Waals surface area contributed by atoms with E-state index in [-0.39, 0.29) is 18.4 Å². The molecule has 2 N–H and O–H groups in total. The summed E-state index contributed by atoms with van der Waals surface area (Å²) in [5, 5.41) is 14.4. The van der Waals surface area contributed by atoms with Gasteiger partial charge in [-0.1, -0.05) is 13.0 Å². The van der Waals surface area contributed by atoms with E-state index >= 15 is 0 Å². The highest BCUT2D eigenvalue weighted by Gasteiger charge is 2.10. The fourth-order valence-corrected chi connectivity index (χ4v) is 2.54. The summed E-state index contributed by atoms with van der Waals surface area (Å²) in [6.07, 6.45) is 0. The van der Waals surface area contributed by atoms with Crippen molar-refractivity contribution in [2.45, 2.75) is 13.8 Å². The number of nitrogens with zero attached hydrogens (tertiary/aromatic N) is 2. The number of benzene rings is 2. The van der Waals surface area contributed by atoms with Crippen LogP contribution in [0.4, 0.5) is 11.4 Å². The average Bonchev–Trinajstić information content (AvgIpc) is 2.68. The largest absolute Gasteiger partial charge is 0.492 e. The normalized spacial score (nSPS) is 10.2. The van der Waals surface area contributed by atoms with Crippen molar-refractivity contribution in [3.8, 4) is 11.8 Å². The zero-order valence-electron chi connectivity index (χ0n) is 16.1. The quantitative estimate of drug-likeness (QED) is 0.698. The minimum Gasteiger partial charge on any atom is -0.492 e. The molecule has 2 aromatic carbocycles. The summed E-state index contributed by atoms with van der Waals surface area (Å²) in [6, 6.07) is 16.0. The highest BCUT2D eigenvalue weighted by Crippen LogP contribution is 2.14. The minimum absolute atomic E-state index is 0.124. The van der Waals surface area contributed by atoms with Gasteiger partial charge in [0.05, 0.1) is 18.2 Å². The first-order valence-corrected chi connectivity index (χ1v) is 9.03. The molecule has 0 spiro atoms. The molecule has 0 radical (unpaired) electrons. The molecule has 146 valence electrons. The summed E-state index contributed by atoms with van der Waals surface area (Å²) in [5.41, 5.74) is 1.90. The number of rotatable bonds is 9. The third-order valence-electron chi connectivity index (χ3n) is 3.94. The molecule has 0 bridgehead atoms. The molecular formula is C21H24N4O3. The monoisotopic (exact) mass is 380 g/mol. The molecule has 2 aromatic rings. The number of hydrogen-bond acceptors (Lipinski definition) is 5. The summed E-state index contributed by atoms with van der Waals surface area (Å²) in [4.78, 5) is 25.3. The predicted octanol–water partition coefficient (Wildman–Crippen LogP) is 2.86. The highest BCUT2D eigenvalue weighted by atomic mass is 16.5. The fourth-order valence-electron chi connectivity index (χ4n) is 2.54. The van der Waals surface area contributed by atoms with Crippen LogP contribution in [-0.2, 0) is 9.59 Å². The van der Waals surface area contributed by atoms with Gasteiger partial charge in [-0.25, -0.2) is 0 Å². The Morgan fingerprint density at radius 3 is 2.39 bits per heavy atom. The van der Waals surface area contributed by atoms with E-state index in [0.29, 0.717) is 42.4 Å². The second-order valence-electron chi connectivity index (χ2n) is 6.16. The molecule has 0 aliphatic carbocycles. The van der Waals surface area contributed by atoms with Crippen LogP contribution < -0.4 is 15.4 Å². The first kappa shape index (κ1) is 20.9. The summed E-state index contributed by atoms with van der Waals surface area (Å²) in [6.45, 7) is 5.37. The summed E-state index contributed by atoms with van der Waals surface area (Å²) in [7, 11) is 0. The van der Waals surface area contributed by atoms with Crippen molar-refractivity contribution in [2.75, 3.05) is 36.9 Å². The van der Waals surface area contributed by atoms with Crippen LogP contribution in [0.1, 0.15) is 19.4 Å². The number of ether oxygens (including phenoxy) is 1. The van der Waals surface area contributed by atoms with Crippen molar-refractivity contribution in [3.63, 3.8) is 0 Å². The van der Waals surface area contributed by atoms with Gasteiger partial charge in [-0.15, -0.1) is 0 Å². The first-order chi connectivity index (χ1) is 13.5. The number of carbonyl (C=O) groups is 2. The van der Waals surface area contributed by atoms with Crippen molar-refractivity contribution >= 4 is 23.2 Å². The average molecular weight is 380 g/mol. The molecule has 7 nitrogen and oxygen atoms in total. The third-order valence-corrected chi connectivity index (χ3v) is 3.94. The summed E-state index contributed by atoms with van der Waals surface area (Å²) >= 11 is 0. The molecule has 0 heterocycles. The molecule has 28 heavy (non-hydrogen) atoms. The van der Waals surface area contributed by atoms with Gasteiger partial charge in [-0.3, -0.25) is 14.5 Å². The van der Waals surface area contributed by atoms with Gasteiger partial charge in [-0.05, 0) is 49.0 Å². The Bertz CT molecular complexity index is 843. The van der Waals surface area contributed by atoms with Gasteiger partial charge in [0.1, 0.15) is 12.4 Å². The van der Waals surface area contributed by atoms with Crippen LogP contribution in [0, 0.1) is 11.3 Å². The van der Waals surface area contributed by atoms with Crippen molar-refractivity contribution in [3.05, 3.63) is 54.1 Å². The van der Waals surface area contributed by atoms with Gasteiger partial charge in [0.25, 0.3) is 0 Å². The zero-order chi connectivity index (χ0) is 20.4. The topological polar surface area (TPSA) is 94.5 Å². The number of anilines is 2. The van der Waals surface area contributed by atoms with Crippen LogP contribution in [-0.4, -0.2) is 43.0 Å². The predicted molar refractivity (Wildman–Crippen MR) is 108 cm³/mol. The van der Waals surface area contributed by atoms with Gasteiger partial charge < -0.3 is 15.4 Å². The number of nitriles is 1. The Kier molecular flexibility index (Phi) is 8.00. The van der Waals surface area contributed by atoms with Crippen LogP contribution in [0.3, 0.4) is 0 Å². The van der Waals surface area contributed by atoms with Gasteiger partial charge in [0.15, 0.2) is 0 Å². The highest BCUT2D eigenvalue weighted by molar-refractivity contribution is 5.93. The molecule has 0 unspecified atom stereocenters. The molecule has 0 fully saturated rings. The van der Waals surface area contributed by atoms with Crippen LogP contribution in [0.5, 0.6) is 5.75 Å². The molecule has 0 saturated carbocycles. The molecule has 7 heteroatoms. The smallest absolute Gasteiger partial charge is 0.238 e. The van der Waals surface area contributed by atoms with E-state index in [4.69, 9.17) is 10.00 Å². The second-order valence-corrected chi connectivity index (χ2v) is 6.16. The fraction of sp³-hybridized carbons (Fsp3) is 0.286. The first-order valence-electron chi connectivity index (χ1n) is 9.03. The van der Waals surface area contributed by atoms with Gasteiger partial charge in [0, 0.05) is 24.8 Å². The molecule has 0 aromatic heterocycles. The number of nitrogens with one attached hydrogen (secondary N) is 2. The second kappa shape index (κ2) is 10.7. The Morgan fingerprint density at radius 1 is 1.11 bits per heavy atom. The van der Waals surface area contributed by atoms with Crippen molar-refractivity contribution in [1.29, 1.82) is 5.26 Å². The lowest BCUT2D eigenvalue weighted by Crippen LogP contribution is -2.35. The van der Waals surface area contributed by atoms with E-state index in [1.165, 1.54) is 6.92 Å². The van der Waals surface area contributed by atoms with Gasteiger partial charge >= 0.3 is 0 Å². The lowest BCUT2D eigenvalue weighted by atomic mass is 10.2. The van der Waals surface area contributed by atoms with Crippen molar-refractivity contribution in [1.82, 2.24) is 4.90 Å². The standard InChI is InChI=1S/C21H24N4O3/c1-3-25(11-12-28-20-6-4-5-17(13-20)14-22)15-21(27)24-19-9-7-18(8-10-19)23-16(2)26/h4-10,13H,3,11-12,15H2,1-2H3,(H,23,26)(H,24,27). The van der Waals surface area contributed by atoms with Crippen molar-refractivity contribution < 1.29 is 14.3 Å². The molecule has 0 aliphatic heterocycles. The molecule has 0 atom stereocenters. The maximum atomic E-state index is 12.3. The molecule has 2 rings (SSSR count). The Balaban J connectivity index is 1.78. The maximum Gasteiger partial charge on any atom is 0.238 e. The minimum atomic E-state index is -0.142. The van der Waals surface area contributed by atoms with E-state index in [2.05, 4.69) is 16.7 Å². The summed E-state index contributed by atoms with van der Waals surface area (Å²) in [5.74, 6) is 0.372. The number of likely N-dealkylation sites (N-methyl/N-ethyl adjacent to an activating group) is 1. The lowest BCUT2D eigenvalue weighted by molar-refractivity contribution is -0.117. The van der Waals surface area contributed by atoms with Crippen molar-refractivity contribution in [2.24, 2.45) is 0 Å². The van der Waals surface area contributed by atoms with E-state index in [9.17, 15) is 9.59 Å². The Labute approximate surface area is 164 Å². The zero-order valence-corrected chi connectivity index (χ0v) is 16.1. The number of carbonyl (C=O) groups excluding carboxylic acids is 2. The van der Waals surface area contributed by atoms with E-state index in [0.717, 1.165) is 0 Å². The number of hydrogen-bond donors (Lipinski definition) is 2. The lowest BCUT2D eigenvalue weighted by Gasteiger charge is -2.20. The number of amides is 2. The molecule has 0 saturated heterocycles. The van der Waals surface area contributed by atoms with Crippen LogP contribution in [0.15, 0.2) is 48.5 Å². The van der Waals surface area contributed by atoms with E-state index in [1.54, 1.807) is 48.5 Å². The van der Waals surface area contributed by atoms with Gasteiger partial charge in [0.2, 0.25) is 11.8 Å². The molecule has 0 aliphatic rings. The van der Waals surface area contributed by atoms with E-state index < -0.39 is 0 Å². The van der Waals surface area contributed by atoms with Crippen LogP contribution in [0.2, 0.25) is 0 Å². The Hall–Kier alpha value is -3.37. The third kappa shape index (κ3) is 7.09.